The van der Waals surface area contributed by atoms with E-state index >= 15 is 0 Å². The van der Waals surface area contributed by atoms with Crippen LogP contribution < -0.4 is 0 Å². The molecule has 0 spiro atoms. The summed E-state index contributed by atoms with van der Waals surface area (Å²) in [6.45, 7) is 2.99. The monoisotopic (exact) mass is 256 g/mol. The number of hydrogen-bond acceptors (Lipinski definition) is 2. The first-order valence-electron chi connectivity index (χ1n) is 7.07. The minimum Gasteiger partial charge on any atom is -0.388 e. The van der Waals surface area contributed by atoms with Crippen LogP contribution in [0.25, 0.3) is 0 Å². The summed E-state index contributed by atoms with van der Waals surface area (Å²) in [6.07, 6.45) is 7.47. The molecule has 0 saturated heterocycles. The van der Waals surface area contributed by atoms with Crippen LogP contribution in [0.15, 0.2) is 30.6 Å². The fourth-order valence-electron chi connectivity index (χ4n) is 2.91. The Morgan fingerprint density at radius 1 is 1.32 bits per heavy atom. The van der Waals surface area contributed by atoms with Crippen LogP contribution in [0.5, 0.6) is 0 Å². The maximum atomic E-state index is 10.4. The zero-order chi connectivity index (χ0) is 13.2. The predicted molar refractivity (Wildman–Crippen MR) is 75.0 cm³/mol. The van der Waals surface area contributed by atoms with Gasteiger partial charge in [0.1, 0.15) is 5.82 Å². The zero-order valence-corrected chi connectivity index (χ0v) is 11.3. The van der Waals surface area contributed by atoms with E-state index in [1.54, 1.807) is 6.20 Å². The van der Waals surface area contributed by atoms with Crippen LogP contribution in [-0.4, -0.2) is 14.7 Å². The molecule has 0 radical (unpaired) electrons. The lowest BCUT2D eigenvalue weighted by molar-refractivity contribution is 0.174. The highest BCUT2D eigenvalue weighted by atomic mass is 16.3. The molecule has 1 aliphatic carbocycles. The first-order chi connectivity index (χ1) is 9.28. The molecule has 100 valence electrons. The number of aliphatic hydroxyl groups is 1. The molecule has 0 bridgehead atoms. The van der Waals surface area contributed by atoms with Crippen LogP contribution in [0.2, 0.25) is 0 Å². The number of benzene rings is 1. The largest absolute Gasteiger partial charge is 0.388 e. The molecule has 0 saturated carbocycles. The molecule has 1 N–H and O–H groups in total. The van der Waals surface area contributed by atoms with Gasteiger partial charge in [0.2, 0.25) is 0 Å². The Hall–Kier alpha value is -1.61. The van der Waals surface area contributed by atoms with E-state index in [0.29, 0.717) is 6.42 Å². The van der Waals surface area contributed by atoms with Crippen molar-refractivity contribution in [1.29, 1.82) is 0 Å². The Morgan fingerprint density at radius 2 is 2.16 bits per heavy atom. The van der Waals surface area contributed by atoms with Crippen molar-refractivity contribution in [3.05, 3.63) is 53.1 Å². The molecule has 0 amide bonds. The van der Waals surface area contributed by atoms with Gasteiger partial charge in [-0.25, -0.2) is 4.98 Å². The molecule has 19 heavy (non-hydrogen) atoms. The number of hydrogen-bond donors (Lipinski definition) is 1. The SMILES string of the molecule is CCn1ccnc1CC(O)c1ccc2c(c1)CCC2. The molecule has 0 aliphatic heterocycles. The van der Waals surface area contributed by atoms with Crippen molar-refractivity contribution in [3.8, 4) is 0 Å². The number of imidazole rings is 1. The second-order valence-electron chi connectivity index (χ2n) is 5.23. The highest BCUT2D eigenvalue weighted by Crippen LogP contribution is 2.26. The first kappa shape index (κ1) is 12.4. The van der Waals surface area contributed by atoms with E-state index in [4.69, 9.17) is 0 Å². The van der Waals surface area contributed by atoms with Gasteiger partial charge in [-0.05, 0) is 42.9 Å². The predicted octanol–water partition coefficient (Wildman–Crippen LogP) is 2.67. The smallest absolute Gasteiger partial charge is 0.111 e. The molecule has 1 atom stereocenters. The second-order valence-corrected chi connectivity index (χ2v) is 5.23. The third-order valence-electron chi connectivity index (χ3n) is 4.03. The van der Waals surface area contributed by atoms with Crippen molar-refractivity contribution in [1.82, 2.24) is 9.55 Å². The van der Waals surface area contributed by atoms with E-state index in [2.05, 4.69) is 34.7 Å². The lowest BCUT2D eigenvalue weighted by atomic mass is 10.0. The number of nitrogens with zero attached hydrogens (tertiary/aromatic N) is 2. The highest BCUT2D eigenvalue weighted by molar-refractivity contribution is 5.36. The van der Waals surface area contributed by atoms with Gasteiger partial charge < -0.3 is 9.67 Å². The Balaban J connectivity index is 1.79. The Labute approximate surface area is 113 Å². The summed E-state index contributed by atoms with van der Waals surface area (Å²) < 4.78 is 2.08. The summed E-state index contributed by atoms with van der Waals surface area (Å²) in [7, 11) is 0. The van der Waals surface area contributed by atoms with Crippen molar-refractivity contribution in [2.24, 2.45) is 0 Å². The van der Waals surface area contributed by atoms with Crippen molar-refractivity contribution in [3.63, 3.8) is 0 Å². The summed E-state index contributed by atoms with van der Waals surface area (Å²) in [5.41, 5.74) is 3.88. The number of aliphatic hydroxyl groups excluding tert-OH is 1. The lowest BCUT2D eigenvalue weighted by Gasteiger charge is -2.13. The topological polar surface area (TPSA) is 38.0 Å². The maximum Gasteiger partial charge on any atom is 0.111 e. The van der Waals surface area contributed by atoms with E-state index < -0.39 is 6.10 Å². The zero-order valence-electron chi connectivity index (χ0n) is 11.3. The summed E-state index contributed by atoms with van der Waals surface area (Å²) in [4.78, 5) is 4.33. The van der Waals surface area contributed by atoms with Gasteiger partial charge in [0, 0.05) is 25.4 Å². The highest BCUT2D eigenvalue weighted by Gasteiger charge is 2.16. The summed E-state index contributed by atoms with van der Waals surface area (Å²) in [5, 5.41) is 10.4. The Bertz CT molecular complexity index is 574. The quantitative estimate of drug-likeness (QED) is 0.913. The van der Waals surface area contributed by atoms with Gasteiger partial charge in [-0.1, -0.05) is 18.2 Å². The van der Waals surface area contributed by atoms with E-state index in [-0.39, 0.29) is 0 Å². The standard InChI is InChI=1S/C16H20N2O/c1-2-18-9-8-17-16(18)11-15(19)14-7-6-12-4-3-5-13(12)10-14/h6-10,15,19H,2-5,11H2,1H3. The van der Waals surface area contributed by atoms with Gasteiger partial charge in [-0.2, -0.15) is 0 Å². The van der Waals surface area contributed by atoms with Crippen molar-refractivity contribution in [2.45, 2.75) is 45.3 Å². The number of rotatable bonds is 4. The van der Waals surface area contributed by atoms with Crippen LogP contribution in [0.4, 0.5) is 0 Å². The van der Waals surface area contributed by atoms with Crippen LogP contribution in [0.3, 0.4) is 0 Å². The minimum absolute atomic E-state index is 0.460. The van der Waals surface area contributed by atoms with Gasteiger partial charge in [0.05, 0.1) is 6.10 Å². The molecular weight excluding hydrogens is 236 g/mol. The van der Waals surface area contributed by atoms with E-state index in [9.17, 15) is 5.11 Å². The normalized spacial score (nSPS) is 15.5. The van der Waals surface area contributed by atoms with Crippen LogP contribution in [0.1, 0.15) is 42.0 Å². The third-order valence-corrected chi connectivity index (χ3v) is 4.03. The molecule has 0 fully saturated rings. The molecule has 1 aromatic carbocycles. The second kappa shape index (κ2) is 5.17. The van der Waals surface area contributed by atoms with Gasteiger partial charge in [0.15, 0.2) is 0 Å². The average molecular weight is 256 g/mol. The van der Waals surface area contributed by atoms with Crippen molar-refractivity contribution < 1.29 is 5.11 Å². The summed E-state index contributed by atoms with van der Waals surface area (Å²) >= 11 is 0. The lowest BCUT2D eigenvalue weighted by Crippen LogP contribution is -2.08. The molecule has 1 unspecified atom stereocenters. The van der Waals surface area contributed by atoms with Gasteiger partial charge in [0.25, 0.3) is 0 Å². The first-order valence-corrected chi connectivity index (χ1v) is 7.07. The summed E-state index contributed by atoms with van der Waals surface area (Å²) in [5.74, 6) is 0.954. The van der Waals surface area contributed by atoms with Crippen LogP contribution >= 0.6 is 0 Å². The van der Waals surface area contributed by atoms with Gasteiger partial charge in [-0.3, -0.25) is 0 Å². The molecular formula is C16H20N2O. The molecule has 3 rings (SSSR count). The molecule has 1 aromatic heterocycles. The van der Waals surface area contributed by atoms with E-state index in [0.717, 1.165) is 24.4 Å². The average Bonchev–Trinajstić information content (AvgIpc) is 3.05. The van der Waals surface area contributed by atoms with Gasteiger partial charge in [-0.15, -0.1) is 0 Å². The molecule has 1 heterocycles. The van der Waals surface area contributed by atoms with Gasteiger partial charge >= 0.3 is 0 Å². The number of fused-ring (bicyclic) bond motifs is 1. The van der Waals surface area contributed by atoms with Crippen LogP contribution in [0, 0.1) is 0 Å². The molecule has 1 aliphatic rings. The van der Waals surface area contributed by atoms with E-state index in [1.165, 1.54) is 24.0 Å². The number of aryl methyl sites for hydroxylation is 3. The molecule has 3 heteroatoms. The molecule has 2 aromatic rings. The Morgan fingerprint density at radius 3 is 3.00 bits per heavy atom. The fraction of sp³-hybridized carbons (Fsp3) is 0.438. The third kappa shape index (κ3) is 2.43. The van der Waals surface area contributed by atoms with Crippen molar-refractivity contribution in [2.75, 3.05) is 0 Å². The van der Waals surface area contributed by atoms with E-state index in [1.807, 2.05) is 6.20 Å². The summed E-state index contributed by atoms with van der Waals surface area (Å²) in [6, 6.07) is 6.41. The minimum atomic E-state index is -0.460. The maximum absolute atomic E-state index is 10.4. The Kier molecular flexibility index (Phi) is 3.38. The van der Waals surface area contributed by atoms with Crippen molar-refractivity contribution >= 4 is 0 Å². The fourth-order valence-corrected chi connectivity index (χ4v) is 2.91. The van der Waals surface area contributed by atoms with Crippen LogP contribution in [-0.2, 0) is 25.8 Å². The molecule has 3 nitrogen and oxygen atoms in total. The number of aromatic nitrogens is 2.